The average molecular weight is 373 g/mol. The van der Waals surface area contributed by atoms with Gasteiger partial charge < -0.3 is 9.80 Å². The molecule has 5 nitrogen and oxygen atoms in total. The number of aryl methyl sites for hydroxylation is 1. The van der Waals surface area contributed by atoms with Crippen LogP contribution >= 0.6 is 11.6 Å². The van der Waals surface area contributed by atoms with Crippen LogP contribution in [0.2, 0.25) is 5.02 Å². The third-order valence-electron chi connectivity index (χ3n) is 4.15. The van der Waals surface area contributed by atoms with E-state index in [1.807, 2.05) is 12.1 Å². The Morgan fingerprint density at radius 1 is 1.12 bits per heavy atom. The van der Waals surface area contributed by atoms with Crippen LogP contribution in [0.4, 0.5) is 18.9 Å². The Bertz CT molecular complexity index is 765. The molecule has 134 valence electrons. The van der Waals surface area contributed by atoms with Crippen molar-refractivity contribution < 1.29 is 18.0 Å². The van der Waals surface area contributed by atoms with Gasteiger partial charge in [-0.15, -0.1) is 0 Å². The number of amides is 1. The molecule has 0 N–H and O–H groups in total. The molecule has 0 atom stereocenters. The molecule has 1 fully saturated rings. The molecular formula is C16H16ClF3N4O. The van der Waals surface area contributed by atoms with Gasteiger partial charge in [0.25, 0.3) is 5.91 Å². The van der Waals surface area contributed by atoms with Crippen LogP contribution in [0, 0.1) is 0 Å². The maximum atomic E-state index is 12.8. The van der Waals surface area contributed by atoms with Crippen LogP contribution in [-0.4, -0.2) is 46.8 Å². The largest absolute Gasteiger partial charge is 0.433 e. The zero-order chi connectivity index (χ0) is 18.2. The maximum Gasteiger partial charge on any atom is 0.433 e. The molecule has 0 unspecified atom stereocenters. The highest BCUT2D eigenvalue weighted by atomic mass is 35.5. The van der Waals surface area contributed by atoms with Gasteiger partial charge in [-0.25, -0.2) is 0 Å². The summed E-state index contributed by atoms with van der Waals surface area (Å²) in [6.45, 7) is 2.01. The lowest BCUT2D eigenvalue weighted by atomic mass is 10.2. The van der Waals surface area contributed by atoms with Crippen molar-refractivity contribution in [2.45, 2.75) is 6.18 Å². The number of hydrogen-bond acceptors (Lipinski definition) is 3. The molecule has 1 amide bonds. The van der Waals surface area contributed by atoms with E-state index in [0.29, 0.717) is 35.9 Å². The molecule has 1 aliphatic heterocycles. The SMILES string of the molecule is Cn1nc(C(=O)N2CCN(c3ccc(Cl)cc3)CC2)cc1C(F)(F)F. The fourth-order valence-corrected chi connectivity index (χ4v) is 2.94. The van der Waals surface area contributed by atoms with E-state index in [1.165, 1.54) is 11.9 Å². The first-order valence-electron chi connectivity index (χ1n) is 7.67. The molecule has 2 aromatic rings. The van der Waals surface area contributed by atoms with E-state index < -0.39 is 17.8 Å². The van der Waals surface area contributed by atoms with Gasteiger partial charge in [-0.05, 0) is 24.3 Å². The summed E-state index contributed by atoms with van der Waals surface area (Å²) in [6, 6.07) is 8.18. The number of rotatable bonds is 2. The molecule has 0 bridgehead atoms. The smallest absolute Gasteiger partial charge is 0.368 e. The minimum absolute atomic E-state index is 0.185. The van der Waals surface area contributed by atoms with Crippen molar-refractivity contribution in [3.05, 3.63) is 46.7 Å². The summed E-state index contributed by atoms with van der Waals surface area (Å²) in [5.41, 5.74) is -0.126. The molecule has 1 aromatic heterocycles. The molecule has 1 saturated heterocycles. The van der Waals surface area contributed by atoms with Crippen molar-refractivity contribution in [1.29, 1.82) is 0 Å². The normalized spacial score (nSPS) is 15.6. The van der Waals surface area contributed by atoms with E-state index in [2.05, 4.69) is 10.00 Å². The third kappa shape index (κ3) is 3.73. The van der Waals surface area contributed by atoms with Crippen LogP contribution in [0.5, 0.6) is 0 Å². The van der Waals surface area contributed by atoms with E-state index in [0.717, 1.165) is 11.8 Å². The number of carbonyl (C=O) groups is 1. The fourth-order valence-electron chi connectivity index (χ4n) is 2.82. The zero-order valence-electron chi connectivity index (χ0n) is 13.4. The Kier molecular flexibility index (Phi) is 4.64. The number of anilines is 1. The fraction of sp³-hybridized carbons (Fsp3) is 0.375. The van der Waals surface area contributed by atoms with Gasteiger partial charge in [0.15, 0.2) is 5.69 Å². The number of alkyl halides is 3. The van der Waals surface area contributed by atoms with Gasteiger partial charge in [0.05, 0.1) is 0 Å². The number of piperazine rings is 1. The standard InChI is InChI=1S/C16H16ClF3N4O/c1-22-14(16(18,19)20)10-13(21-22)15(25)24-8-6-23(7-9-24)12-4-2-11(17)3-5-12/h2-5,10H,6-9H2,1H3. The van der Waals surface area contributed by atoms with E-state index in [9.17, 15) is 18.0 Å². The quantitative estimate of drug-likeness (QED) is 0.813. The molecule has 3 rings (SSSR count). The molecule has 1 aromatic carbocycles. The van der Waals surface area contributed by atoms with Crippen LogP contribution in [0.3, 0.4) is 0 Å². The predicted octanol–water partition coefficient (Wildman–Crippen LogP) is 3.05. The summed E-state index contributed by atoms with van der Waals surface area (Å²) < 4.78 is 39.2. The summed E-state index contributed by atoms with van der Waals surface area (Å²) in [4.78, 5) is 16.0. The van der Waals surface area contributed by atoms with Crippen molar-refractivity contribution >= 4 is 23.2 Å². The number of carbonyl (C=O) groups excluding carboxylic acids is 1. The molecule has 25 heavy (non-hydrogen) atoms. The molecule has 0 aliphatic carbocycles. The van der Waals surface area contributed by atoms with Crippen LogP contribution in [-0.2, 0) is 13.2 Å². The molecule has 0 spiro atoms. The van der Waals surface area contributed by atoms with Crippen molar-refractivity contribution in [1.82, 2.24) is 14.7 Å². The minimum Gasteiger partial charge on any atom is -0.368 e. The first kappa shape index (κ1) is 17.6. The summed E-state index contributed by atoms with van der Waals surface area (Å²) in [7, 11) is 1.18. The zero-order valence-corrected chi connectivity index (χ0v) is 14.2. The molecule has 2 heterocycles. The van der Waals surface area contributed by atoms with Gasteiger partial charge in [-0.2, -0.15) is 18.3 Å². The highest BCUT2D eigenvalue weighted by Gasteiger charge is 2.36. The van der Waals surface area contributed by atoms with Crippen LogP contribution in [0.25, 0.3) is 0 Å². The monoisotopic (exact) mass is 372 g/mol. The lowest BCUT2D eigenvalue weighted by molar-refractivity contribution is -0.143. The van der Waals surface area contributed by atoms with Crippen LogP contribution in [0.1, 0.15) is 16.2 Å². The van der Waals surface area contributed by atoms with E-state index in [4.69, 9.17) is 11.6 Å². The second kappa shape index (κ2) is 6.59. The summed E-state index contributed by atoms with van der Waals surface area (Å²) >= 11 is 5.87. The molecule has 0 saturated carbocycles. The van der Waals surface area contributed by atoms with E-state index in [1.54, 1.807) is 12.1 Å². The number of benzene rings is 1. The Morgan fingerprint density at radius 3 is 2.24 bits per heavy atom. The van der Waals surface area contributed by atoms with Gasteiger partial charge in [-0.3, -0.25) is 9.48 Å². The van der Waals surface area contributed by atoms with Gasteiger partial charge in [0.1, 0.15) is 5.69 Å². The second-order valence-corrected chi connectivity index (χ2v) is 6.23. The highest BCUT2D eigenvalue weighted by Crippen LogP contribution is 2.29. The molecule has 9 heteroatoms. The van der Waals surface area contributed by atoms with E-state index >= 15 is 0 Å². The van der Waals surface area contributed by atoms with Crippen LogP contribution < -0.4 is 4.90 Å². The van der Waals surface area contributed by atoms with Crippen molar-refractivity contribution in [3.8, 4) is 0 Å². The first-order chi connectivity index (χ1) is 11.8. The number of hydrogen-bond donors (Lipinski definition) is 0. The van der Waals surface area contributed by atoms with Crippen molar-refractivity contribution in [3.63, 3.8) is 0 Å². The Balaban J connectivity index is 1.67. The van der Waals surface area contributed by atoms with Crippen LogP contribution in [0.15, 0.2) is 30.3 Å². The summed E-state index contributed by atoms with van der Waals surface area (Å²) in [5, 5.41) is 4.36. The lowest BCUT2D eigenvalue weighted by Gasteiger charge is -2.35. The number of nitrogens with zero attached hydrogens (tertiary/aromatic N) is 4. The van der Waals surface area contributed by atoms with Gasteiger partial charge in [0, 0.05) is 50.0 Å². The summed E-state index contributed by atoms with van der Waals surface area (Å²) in [5.74, 6) is -0.484. The average Bonchev–Trinajstić information content (AvgIpc) is 2.97. The Morgan fingerprint density at radius 2 is 1.72 bits per heavy atom. The lowest BCUT2D eigenvalue weighted by Crippen LogP contribution is -2.48. The Hall–Kier alpha value is -2.22. The van der Waals surface area contributed by atoms with Gasteiger partial charge in [-0.1, -0.05) is 11.6 Å². The number of aromatic nitrogens is 2. The topological polar surface area (TPSA) is 41.4 Å². The predicted molar refractivity (Wildman–Crippen MR) is 87.8 cm³/mol. The number of halogens is 4. The van der Waals surface area contributed by atoms with Crippen molar-refractivity contribution in [2.24, 2.45) is 7.05 Å². The molecule has 1 aliphatic rings. The second-order valence-electron chi connectivity index (χ2n) is 5.79. The Labute approximate surface area is 147 Å². The van der Waals surface area contributed by atoms with Gasteiger partial charge in [0.2, 0.25) is 0 Å². The van der Waals surface area contributed by atoms with E-state index in [-0.39, 0.29) is 5.69 Å². The minimum atomic E-state index is -4.53. The molecule has 0 radical (unpaired) electrons. The summed E-state index contributed by atoms with van der Waals surface area (Å²) in [6.07, 6.45) is -4.53. The molecular weight excluding hydrogens is 357 g/mol. The highest BCUT2D eigenvalue weighted by molar-refractivity contribution is 6.30. The first-order valence-corrected chi connectivity index (χ1v) is 8.04. The maximum absolute atomic E-state index is 12.8. The third-order valence-corrected chi connectivity index (χ3v) is 4.40. The van der Waals surface area contributed by atoms with Crippen molar-refractivity contribution in [2.75, 3.05) is 31.1 Å². The van der Waals surface area contributed by atoms with Gasteiger partial charge >= 0.3 is 6.18 Å².